The average molecular weight is 203 g/mol. The van der Waals surface area contributed by atoms with Gasteiger partial charge in [-0.05, 0) is 42.9 Å². The maximum absolute atomic E-state index is 3.46. The van der Waals surface area contributed by atoms with Gasteiger partial charge in [-0.1, -0.05) is 31.9 Å². The Hall–Kier alpha value is -0.980. The van der Waals surface area contributed by atoms with Gasteiger partial charge in [-0.3, -0.25) is 0 Å². The van der Waals surface area contributed by atoms with Crippen LogP contribution in [0.3, 0.4) is 0 Å². The molecule has 1 aromatic carbocycles. The summed E-state index contributed by atoms with van der Waals surface area (Å²) in [4.78, 5) is 0. The Labute approximate surface area is 92.9 Å². The van der Waals surface area contributed by atoms with E-state index in [2.05, 4.69) is 30.4 Å². The zero-order valence-electron chi connectivity index (χ0n) is 9.68. The number of benzene rings is 1. The second-order valence-corrected chi connectivity index (χ2v) is 4.48. The van der Waals surface area contributed by atoms with Gasteiger partial charge in [0.2, 0.25) is 0 Å². The van der Waals surface area contributed by atoms with Gasteiger partial charge in [0.15, 0.2) is 0 Å². The Morgan fingerprint density at radius 2 is 2.20 bits per heavy atom. The summed E-state index contributed by atoms with van der Waals surface area (Å²) in [5.74, 6) is 0. The third kappa shape index (κ3) is 2.74. The standard InChI is InChI=1S/C14H21N/c1-2-3-4-6-12-8-9-14-13(11-12)7-5-10-15-14/h8-9,11,15H,2-7,10H2,1H3. The third-order valence-electron chi connectivity index (χ3n) is 3.18. The molecule has 1 N–H and O–H groups in total. The van der Waals surface area contributed by atoms with Crippen LogP contribution in [0.5, 0.6) is 0 Å². The molecule has 1 aliphatic heterocycles. The van der Waals surface area contributed by atoms with Crippen LogP contribution in [0.2, 0.25) is 0 Å². The Kier molecular flexibility index (Phi) is 3.65. The quantitative estimate of drug-likeness (QED) is 0.734. The Balaban J connectivity index is 2.00. The first kappa shape index (κ1) is 10.5. The molecule has 0 aromatic heterocycles. The van der Waals surface area contributed by atoms with E-state index in [0.29, 0.717) is 0 Å². The molecule has 0 fully saturated rings. The van der Waals surface area contributed by atoms with Gasteiger partial charge in [-0.25, -0.2) is 0 Å². The molecular formula is C14H21N. The lowest BCUT2D eigenvalue weighted by atomic mass is 9.98. The number of rotatable bonds is 4. The topological polar surface area (TPSA) is 12.0 Å². The van der Waals surface area contributed by atoms with E-state index in [1.54, 1.807) is 0 Å². The van der Waals surface area contributed by atoms with E-state index in [4.69, 9.17) is 0 Å². The number of anilines is 1. The molecule has 1 aromatic rings. The first-order valence-corrected chi connectivity index (χ1v) is 6.26. The zero-order valence-corrected chi connectivity index (χ0v) is 9.68. The Morgan fingerprint density at radius 1 is 1.27 bits per heavy atom. The van der Waals surface area contributed by atoms with Crippen LogP contribution in [0.4, 0.5) is 5.69 Å². The number of unbranched alkanes of at least 4 members (excludes halogenated alkanes) is 2. The van der Waals surface area contributed by atoms with Crippen molar-refractivity contribution in [1.29, 1.82) is 0 Å². The van der Waals surface area contributed by atoms with E-state index in [9.17, 15) is 0 Å². The first-order valence-electron chi connectivity index (χ1n) is 6.26. The van der Waals surface area contributed by atoms with Crippen LogP contribution in [0.1, 0.15) is 43.7 Å². The fourth-order valence-corrected chi connectivity index (χ4v) is 2.26. The van der Waals surface area contributed by atoms with Crippen LogP contribution in [-0.4, -0.2) is 6.54 Å². The van der Waals surface area contributed by atoms with E-state index >= 15 is 0 Å². The van der Waals surface area contributed by atoms with Crippen molar-refractivity contribution >= 4 is 5.69 Å². The second kappa shape index (κ2) is 5.20. The molecule has 0 amide bonds. The van der Waals surface area contributed by atoms with Crippen molar-refractivity contribution in [3.05, 3.63) is 29.3 Å². The summed E-state index contributed by atoms with van der Waals surface area (Å²) in [6.45, 7) is 3.40. The number of aryl methyl sites for hydroxylation is 2. The number of hydrogen-bond acceptors (Lipinski definition) is 1. The predicted octanol–water partition coefficient (Wildman–Crippen LogP) is 3.78. The molecule has 1 aliphatic rings. The minimum Gasteiger partial charge on any atom is -0.385 e. The van der Waals surface area contributed by atoms with Crippen molar-refractivity contribution in [2.45, 2.75) is 45.4 Å². The van der Waals surface area contributed by atoms with Crippen molar-refractivity contribution in [1.82, 2.24) is 0 Å². The molecule has 0 bridgehead atoms. The van der Waals surface area contributed by atoms with Crippen LogP contribution in [-0.2, 0) is 12.8 Å². The number of hydrogen-bond donors (Lipinski definition) is 1. The van der Waals surface area contributed by atoms with Crippen molar-refractivity contribution < 1.29 is 0 Å². The summed E-state index contributed by atoms with van der Waals surface area (Å²) < 4.78 is 0. The van der Waals surface area contributed by atoms with E-state index in [1.165, 1.54) is 55.3 Å². The molecule has 1 heterocycles. The molecule has 0 saturated heterocycles. The lowest BCUT2D eigenvalue weighted by Gasteiger charge is -2.18. The van der Waals surface area contributed by atoms with Gasteiger partial charge in [0, 0.05) is 12.2 Å². The van der Waals surface area contributed by atoms with Gasteiger partial charge in [0.05, 0.1) is 0 Å². The Bertz CT molecular complexity index is 317. The molecule has 0 spiro atoms. The molecule has 0 saturated carbocycles. The highest BCUT2D eigenvalue weighted by molar-refractivity contribution is 5.54. The van der Waals surface area contributed by atoms with Gasteiger partial charge < -0.3 is 5.32 Å². The largest absolute Gasteiger partial charge is 0.385 e. The van der Waals surface area contributed by atoms with Crippen LogP contribution in [0.15, 0.2) is 18.2 Å². The van der Waals surface area contributed by atoms with E-state index in [1.807, 2.05) is 0 Å². The molecule has 0 unspecified atom stereocenters. The van der Waals surface area contributed by atoms with Crippen LogP contribution in [0, 0.1) is 0 Å². The highest BCUT2D eigenvalue weighted by Crippen LogP contribution is 2.23. The van der Waals surface area contributed by atoms with Crippen molar-refractivity contribution in [2.24, 2.45) is 0 Å². The second-order valence-electron chi connectivity index (χ2n) is 4.48. The molecule has 82 valence electrons. The zero-order chi connectivity index (χ0) is 10.5. The normalized spacial score (nSPS) is 14.5. The summed E-state index contributed by atoms with van der Waals surface area (Å²) >= 11 is 0. The van der Waals surface area contributed by atoms with Gasteiger partial charge in [-0.15, -0.1) is 0 Å². The molecular weight excluding hydrogens is 182 g/mol. The van der Waals surface area contributed by atoms with Crippen LogP contribution in [0.25, 0.3) is 0 Å². The summed E-state index contributed by atoms with van der Waals surface area (Å²) in [5.41, 5.74) is 4.40. The van der Waals surface area contributed by atoms with Gasteiger partial charge in [0.25, 0.3) is 0 Å². The molecule has 2 rings (SSSR count). The van der Waals surface area contributed by atoms with Crippen LogP contribution < -0.4 is 5.32 Å². The summed E-state index contributed by atoms with van der Waals surface area (Å²) in [6.07, 6.45) is 7.79. The lowest BCUT2D eigenvalue weighted by molar-refractivity contribution is 0.716. The minimum atomic E-state index is 1.14. The predicted molar refractivity (Wildman–Crippen MR) is 66.5 cm³/mol. The Morgan fingerprint density at radius 3 is 3.07 bits per heavy atom. The van der Waals surface area contributed by atoms with Gasteiger partial charge in [-0.2, -0.15) is 0 Å². The molecule has 15 heavy (non-hydrogen) atoms. The van der Waals surface area contributed by atoms with Crippen molar-refractivity contribution in [2.75, 3.05) is 11.9 Å². The van der Waals surface area contributed by atoms with E-state index < -0.39 is 0 Å². The first-order chi connectivity index (χ1) is 7.40. The van der Waals surface area contributed by atoms with Gasteiger partial charge in [0.1, 0.15) is 0 Å². The van der Waals surface area contributed by atoms with E-state index in [-0.39, 0.29) is 0 Å². The maximum atomic E-state index is 3.46. The van der Waals surface area contributed by atoms with Gasteiger partial charge >= 0.3 is 0 Å². The summed E-state index contributed by atoms with van der Waals surface area (Å²) in [7, 11) is 0. The molecule has 0 aliphatic carbocycles. The number of fused-ring (bicyclic) bond motifs is 1. The number of nitrogens with one attached hydrogen (secondary N) is 1. The fourth-order valence-electron chi connectivity index (χ4n) is 2.26. The lowest BCUT2D eigenvalue weighted by Crippen LogP contribution is -2.11. The summed E-state index contributed by atoms with van der Waals surface area (Å²) in [5, 5.41) is 3.46. The van der Waals surface area contributed by atoms with E-state index in [0.717, 1.165) is 6.54 Å². The highest BCUT2D eigenvalue weighted by Gasteiger charge is 2.08. The highest BCUT2D eigenvalue weighted by atomic mass is 14.9. The maximum Gasteiger partial charge on any atom is 0.0372 e. The molecule has 0 radical (unpaired) electrons. The van der Waals surface area contributed by atoms with Crippen molar-refractivity contribution in [3.8, 4) is 0 Å². The third-order valence-corrected chi connectivity index (χ3v) is 3.18. The molecule has 0 atom stereocenters. The summed E-state index contributed by atoms with van der Waals surface area (Å²) in [6, 6.07) is 6.94. The van der Waals surface area contributed by atoms with Crippen LogP contribution >= 0.6 is 0 Å². The fraction of sp³-hybridized carbons (Fsp3) is 0.571. The monoisotopic (exact) mass is 203 g/mol. The average Bonchev–Trinajstić information content (AvgIpc) is 2.29. The van der Waals surface area contributed by atoms with Crippen molar-refractivity contribution in [3.63, 3.8) is 0 Å². The molecule has 1 heteroatoms. The SMILES string of the molecule is CCCCCc1ccc2c(c1)CCCN2. The minimum absolute atomic E-state index is 1.14. The molecule has 1 nitrogen and oxygen atoms in total. The smallest absolute Gasteiger partial charge is 0.0372 e.